The minimum Gasteiger partial charge on any atom is -0.299 e. The van der Waals surface area contributed by atoms with Crippen molar-refractivity contribution in [2.24, 2.45) is 11.0 Å². The Morgan fingerprint density at radius 1 is 1.15 bits per heavy atom. The summed E-state index contributed by atoms with van der Waals surface area (Å²) in [5.41, 5.74) is 4.86. The number of nitrogens with zero attached hydrogens (tertiary/aromatic N) is 2. The number of carbonyl (C=O) groups is 1. The highest BCUT2D eigenvalue weighted by molar-refractivity contribution is 9.10. The van der Waals surface area contributed by atoms with E-state index in [1.807, 2.05) is 12.1 Å². The molecule has 0 radical (unpaired) electrons. The Morgan fingerprint density at radius 3 is 2.46 bits per heavy atom. The molecule has 1 saturated heterocycles. The normalized spacial score (nSPS) is 16.1. The third-order valence-corrected chi connectivity index (χ3v) is 5.32. The molecule has 0 aromatic heterocycles. The zero-order valence-corrected chi connectivity index (χ0v) is 16.7. The number of halogens is 2. The fourth-order valence-electron chi connectivity index (χ4n) is 3.01. The largest absolute Gasteiger partial charge is 0.299 e. The smallest absolute Gasteiger partial charge is 0.243 e. The quantitative estimate of drug-likeness (QED) is 0.557. The highest BCUT2D eigenvalue weighted by Gasteiger charge is 2.24. The molecule has 0 atom stereocenters. The van der Waals surface area contributed by atoms with Gasteiger partial charge in [0.05, 0.1) is 6.21 Å². The molecule has 0 aliphatic carbocycles. The number of amides is 1. The van der Waals surface area contributed by atoms with E-state index in [0.717, 1.165) is 42.5 Å². The summed E-state index contributed by atoms with van der Waals surface area (Å²) in [6.45, 7) is 2.78. The maximum absolute atomic E-state index is 12.3. The van der Waals surface area contributed by atoms with Crippen molar-refractivity contribution in [3.63, 3.8) is 0 Å². The van der Waals surface area contributed by atoms with Gasteiger partial charge in [-0.15, -0.1) is 0 Å². The van der Waals surface area contributed by atoms with Crippen LogP contribution in [0.25, 0.3) is 0 Å². The molecule has 26 heavy (non-hydrogen) atoms. The van der Waals surface area contributed by atoms with Crippen LogP contribution in [-0.4, -0.2) is 30.1 Å². The van der Waals surface area contributed by atoms with Crippen LogP contribution >= 0.6 is 27.5 Å². The van der Waals surface area contributed by atoms with Crippen LogP contribution in [0.15, 0.2) is 58.1 Å². The first-order valence-electron chi connectivity index (χ1n) is 8.65. The number of rotatable bonds is 5. The lowest BCUT2D eigenvalue weighted by Crippen LogP contribution is -2.39. The number of hydrazone groups is 1. The maximum Gasteiger partial charge on any atom is 0.243 e. The van der Waals surface area contributed by atoms with Crippen molar-refractivity contribution in [3.8, 4) is 0 Å². The van der Waals surface area contributed by atoms with Gasteiger partial charge in [-0.3, -0.25) is 9.69 Å². The lowest BCUT2D eigenvalue weighted by atomic mass is 9.96. The number of nitrogens with one attached hydrogen (secondary N) is 1. The van der Waals surface area contributed by atoms with Crippen molar-refractivity contribution < 1.29 is 4.79 Å². The molecule has 136 valence electrons. The van der Waals surface area contributed by atoms with Gasteiger partial charge < -0.3 is 0 Å². The molecule has 1 N–H and O–H groups in total. The van der Waals surface area contributed by atoms with Gasteiger partial charge in [-0.2, -0.15) is 5.10 Å². The van der Waals surface area contributed by atoms with Gasteiger partial charge in [0.15, 0.2) is 0 Å². The number of carbonyl (C=O) groups excluding carboxylic acids is 1. The fourth-order valence-corrected chi connectivity index (χ4v) is 3.40. The molecule has 1 heterocycles. The van der Waals surface area contributed by atoms with Gasteiger partial charge in [0.2, 0.25) is 5.91 Å². The number of hydrogen-bond acceptors (Lipinski definition) is 3. The van der Waals surface area contributed by atoms with Crippen LogP contribution in [0.1, 0.15) is 24.0 Å². The van der Waals surface area contributed by atoms with E-state index >= 15 is 0 Å². The lowest BCUT2D eigenvalue weighted by Gasteiger charge is -2.30. The molecule has 1 aliphatic heterocycles. The minimum atomic E-state index is -0.00138. The Bertz CT molecular complexity index is 754. The summed E-state index contributed by atoms with van der Waals surface area (Å²) >= 11 is 9.30. The molecule has 1 fully saturated rings. The molecule has 1 amide bonds. The van der Waals surface area contributed by atoms with Gasteiger partial charge in [-0.1, -0.05) is 51.8 Å². The number of hydrogen-bond donors (Lipinski definition) is 1. The van der Waals surface area contributed by atoms with Gasteiger partial charge in [-0.05, 0) is 61.3 Å². The second-order valence-electron chi connectivity index (χ2n) is 6.46. The van der Waals surface area contributed by atoms with Crippen LogP contribution in [0.5, 0.6) is 0 Å². The Labute approximate surface area is 167 Å². The summed E-state index contributed by atoms with van der Waals surface area (Å²) in [6, 6.07) is 15.7. The van der Waals surface area contributed by atoms with Gasteiger partial charge in [-0.25, -0.2) is 5.43 Å². The lowest BCUT2D eigenvalue weighted by molar-refractivity contribution is -0.126. The molecule has 2 aromatic carbocycles. The van der Waals surface area contributed by atoms with Gasteiger partial charge in [0, 0.05) is 22.0 Å². The van der Waals surface area contributed by atoms with Crippen molar-refractivity contribution in [1.29, 1.82) is 0 Å². The molecule has 0 unspecified atom stereocenters. The average molecular weight is 435 g/mol. The molecule has 0 spiro atoms. The minimum absolute atomic E-state index is 0.00138. The summed E-state index contributed by atoms with van der Waals surface area (Å²) in [4.78, 5) is 14.7. The highest BCUT2D eigenvalue weighted by atomic mass is 79.9. The average Bonchev–Trinajstić information content (AvgIpc) is 2.66. The van der Waals surface area contributed by atoms with E-state index in [2.05, 4.69) is 55.6 Å². The SMILES string of the molecule is O=C(N/N=C\c1ccc(Cl)cc1)C1CCN(Cc2ccc(Br)cc2)CC1. The van der Waals surface area contributed by atoms with Crippen molar-refractivity contribution in [1.82, 2.24) is 10.3 Å². The van der Waals surface area contributed by atoms with Crippen molar-refractivity contribution in [2.45, 2.75) is 19.4 Å². The molecule has 1 aliphatic rings. The Morgan fingerprint density at radius 2 is 1.81 bits per heavy atom. The molecule has 4 nitrogen and oxygen atoms in total. The predicted octanol–water partition coefficient (Wildman–Crippen LogP) is 4.46. The molecule has 2 aromatic rings. The molecule has 3 rings (SSSR count). The Hall–Kier alpha value is -1.69. The second kappa shape index (κ2) is 9.31. The highest BCUT2D eigenvalue weighted by Crippen LogP contribution is 2.20. The van der Waals surface area contributed by atoms with E-state index in [9.17, 15) is 4.79 Å². The third-order valence-electron chi connectivity index (χ3n) is 4.54. The monoisotopic (exact) mass is 433 g/mol. The van der Waals surface area contributed by atoms with E-state index in [0.29, 0.717) is 5.02 Å². The van der Waals surface area contributed by atoms with Gasteiger partial charge >= 0.3 is 0 Å². The van der Waals surface area contributed by atoms with Crippen LogP contribution in [0.3, 0.4) is 0 Å². The van der Waals surface area contributed by atoms with E-state index in [1.165, 1.54) is 5.56 Å². The van der Waals surface area contributed by atoms with Crippen LogP contribution in [0, 0.1) is 5.92 Å². The van der Waals surface area contributed by atoms with Crippen LogP contribution in [0.2, 0.25) is 5.02 Å². The number of benzene rings is 2. The van der Waals surface area contributed by atoms with E-state index in [-0.39, 0.29) is 11.8 Å². The van der Waals surface area contributed by atoms with E-state index in [4.69, 9.17) is 11.6 Å². The number of piperidine rings is 1. The summed E-state index contributed by atoms with van der Waals surface area (Å²) in [5.74, 6) is 0.0250. The van der Waals surface area contributed by atoms with Crippen LogP contribution in [0.4, 0.5) is 0 Å². The topological polar surface area (TPSA) is 44.7 Å². The zero-order chi connectivity index (χ0) is 18.4. The van der Waals surface area contributed by atoms with Gasteiger partial charge in [0.1, 0.15) is 0 Å². The van der Waals surface area contributed by atoms with Crippen molar-refractivity contribution in [3.05, 3.63) is 69.2 Å². The summed E-state index contributed by atoms with van der Waals surface area (Å²) in [5, 5.41) is 4.74. The van der Waals surface area contributed by atoms with E-state index in [1.54, 1.807) is 18.3 Å². The van der Waals surface area contributed by atoms with Crippen LogP contribution in [-0.2, 0) is 11.3 Å². The first-order chi connectivity index (χ1) is 12.6. The first-order valence-corrected chi connectivity index (χ1v) is 9.82. The third kappa shape index (κ3) is 5.66. The molecular weight excluding hydrogens is 414 g/mol. The second-order valence-corrected chi connectivity index (χ2v) is 7.81. The molecule has 6 heteroatoms. The first kappa shape index (κ1) is 19.1. The van der Waals surface area contributed by atoms with Crippen molar-refractivity contribution in [2.75, 3.05) is 13.1 Å². The molecule has 0 saturated carbocycles. The zero-order valence-electron chi connectivity index (χ0n) is 14.4. The van der Waals surface area contributed by atoms with Crippen LogP contribution < -0.4 is 5.43 Å². The molecular formula is C20H21BrClN3O. The maximum atomic E-state index is 12.3. The summed E-state index contributed by atoms with van der Waals surface area (Å²) in [6.07, 6.45) is 3.36. The predicted molar refractivity (Wildman–Crippen MR) is 109 cm³/mol. The Balaban J connectivity index is 1.43. The standard InChI is InChI=1S/C20H21BrClN3O/c21-18-5-1-16(2-6-18)14-25-11-9-17(10-12-25)20(26)24-23-13-15-3-7-19(22)8-4-15/h1-8,13,17H,9-12,14H2,(H,24,26)/b23-13-. The fraction of sp³-hybridized carbons (Fsp3) is 0.300. The van der Waals surface area contributed by atoms with Gasteiger partial charge in [0.25, 0.3) is 0 Å². The molecule has 0 bridgehead atoms. The van der Waals surface area contributed by atoms with E-state index < -0.39 is 0 Å². The summed E-state index contributed by atoms with van der Waals surface area (Å²) in [7, 11) is 0. The summed E-state index contributed by atoms with van der Waals surface area (Å²) < 4.78 is 1.09. The number of likely N-dealkylation sites (tertiary alicyclic amines) is 1. The Kier molecular flexibility index (Phi) is 6.83. The van der Waals surface area contributed by atoms with Crippen molar-refractivity contribution >= 4 is 39.7 Å².